The Kier molecular flexibility index (Phi) is 6.75. The summed E-state index contributed by atoms with van der Waals surface area (Å²) in [6.45, 7) is 18.4. The Morgan fingerprint density at radius 1 is 0.923 bits per heavy atom. The number of hydrogen-bond acceptors (Lipinski definition) is 3. The fourth-order valence-electron chi connectivity index (χ4n) is 12.1. The van der Waals surface area contributed by atoms with Crippen LogP contribution in [0.1, 0.15) is 126 Å². The summed E-state index contributed by atoms with van der Waals surface area (Å²) in [5, 5.41) is 10.6. The molecule has 1 heterocycles. The molecule has 0 aromatic carbocycles. The number of carbonyl (C=O) groups is 1. The average molecular weight is 541 g/mol. The number of ether oxygens (including phenoxy) is 2. The second-order valence-electron chi connectivity index (χ2n) is 16.4. The highest BCUT2D eigenvalue weighted by molar-refractivity contribution is 5.76. The lowest BCUT2D eigenvalue weighted by molar-refractivity contribution is -0.257. The molecule has 0 radical (unpaired) electrons. The Balaban J connectivity index is 1.34. The van der Waals surface area contributed by atoms with Gasteiger partial charge in [0.15, 0.2) is 6.29 Å². The van der Waals surface area contributed by atoms with Crippen molar-refractivity contribution in [3.63, 3.8) is 0 Å². The molecule has 1 aliphatic heterocycles. The lowest BCUT2D eigenvalue weighted by Crippen LogP contribution is -2.65. The Morgan fingerprint density at radius 2 is 1.69 bits per heavy atom. The fourth-order valence-corrected chi connectivity index (χ4v) is 12.1. The van der Waals surface area contributed by atoms with Crippen molar-refractivity contribution in [1.82, 2.24) is 0 Å². The van der Waals surface area contributed by atoms with Crippen LogP contribution in [-0.2, 0) is 14.3 Å². The largest absolute Gasteiger partial charge is 0.481 e. The normalized spacial score (nSPS) is 52.9. The first-order valence-corrected chi connectivity index (χ1v) is 16.5. The van der Waals surface area contributed by atoms with Gasteiger partial charge in [-0.15, -0.1) is 0 Å². The van der Waals surface area contributed by atoms with Gasteiger partial charge in [0.05, 0.1) is 11.5 Å². The van der Waals surface area contributed by atoms with E-state index >= 15 is 0 Å². The Hall–Kier alpha value is -0.870. The minimum absolute atomic E-state index is 0.0167. The molecule has 0 amide bonds. The third-order valence-corrected chi connectivity index (χ3v) is 14.8. The quantitative estimate of drug-likeness (QED) is 0.287. The van der Waals surface area contributed by atoms with Crippen LogP contribution in [0.25, 0.3) is 0 Å². The molecule has 39 heavy (non-hydrogen) atoms. The van der Waals surface area contributed by atoms with Crippen LogP contribution in [0.5, 0.6) is 0 Å². The molecule has 6 rings (SSSR count). The van der Waals surface area contributed by atoms with Gasteiger partial charge in [-0.3, -0.25) is 4.79 Å². The lowest BCUT2D eigenvalue weighted by atomic mass is 9.33. The molecule has 0 aromatic rings. The summed E-state index contributed by atoms with van der Waals surface area (Å²) in [4.78, 5) is 12.9. The molecular weight excluding hydrogens is 484 g/mol. The van der Waals surface area contributed by atoms with Crippen molar-refractivity contribution in [2.45, 2.75) is 138 Å². The van der Waals surface area contributed by atoms with Crippen molar-refractivity contribution < 1.29 is 19.4 Å². The third-order valence-electron chi connectivity index (χ3n) is 14.8. The predicted molar refractivity (Wildman–Crippen MR) is 155 cm³/mol. The van der Waals surface area contributed by atoms with Crippen molar-refractivity contribution >= 4 is 5.97 Å². The van der Waals surface area contributed by atoms with Gasteiger partial charge in [-0.2, -0.15) is 0 Å². The van der Waals surface area contributed by atoms with Crippen molar-refractivity contribution in [3.05, 3.63) is 11.6 Å². The Bertz CT molecular complexity index is 1010. The van der Waals surface area contributed by atoms with Crippen molar-refractivity contribution in [3.8, 4) is 0 Å². The molecule has 6 aliphatic rings. The van der Waals surface area contributed by atoms with Gasteiger partial charge in [0.2, 0.25) is 0 Å². The van der Waals surface area contributed by atoms with Gasteiger partial charge < -0.3 is 14.6 Å². The highest BCUT2D eigenvalue weighted by Crippen LogP contribution is 2.75. The van der Waals surface area contributed by atoms with Gasteiger partial charge in [-0.25, -0.2) is 0 Å². The second-order valence-corrected chi connectivity index (χ2v) is 16.4. The Morgan fingerprint density at radius 3 is 2.38 bits per heavy atom. The number of allylic oxidation sites excluding steroid dienone is 2. The summed E-state index contributed by atoms with van der Waals surface area (Å²) in [6.07, 6.45) is 16.0. The van der Waals surface area contributed by atoms with Crippen molar-refractivity contribution in [2.24, 2.45) is 56.7 Å². The maximum atomic E-state index is 12.9. The zero-order valence-electron chi connectivity index (χ0n) is 26.0. The topological polar surface area (TPSA) is 55.8 Å². The van der Waals surface area contributed by atoms with Gasteiger partial charge in [0.1, 0.15) is 0 Å². The van der Waals surface area contributed by atoms with E-state index in [2.05, 4.69) is 54.5 Å². The third kappa shape index (κ3) is 3.78. The van der Waals surface area contributed by atoms with Gasteiger partial charge in [0, 0.05) is 6.61 Å². The monoisotopic (exact) mass is 540 g/mol. The van der Waals surface area contributed by atoms with Crippen LogP contribution >= 0.6 is 0 Å². The van der Waals surface area contributed by atoms with E-state index in [0.717, 1.165) is 58.0 Å². The minimum Gasteiger partial charge on any atom is -0.481 e. The number of carboxylic acids is 1. The number of carboxylic acid groups (broad SMARTS) is 1. The van der Waals surface area contributed by atoms with Gasteiger partial charge >= 0.3 is 5.97 Å². The van der Waals surface area contributed by atoms with E-state index in [-0.39, 0.29) is 40.0 Å². The maximum Gasteiger partial charge on any atom is 0.310 e. The standard InChI is InChI=1S/C35H56O4/c1-22-13-18-35(30(36)37)20-19-33(6)24(29(35)23(22)2)11-12-26-32(5)16-15-27(39-28-10-8-9-21-38-28)31(3,4)25(32)14-17-34(26,33)7/h11,22-23,25-29H,8-10,12-21H2,1-7H3,(H,36,37)/t22-,23+,25+,26-,27+,28?,29+,32+,33-,34-,35+/m1/s1. The van der Waals surface area contributed by atoms with E-state index in [9.17, 15) is 9.90 Å². The van der Waals surface area contributed by atoms with Crippen molar-refractivity contribution in [1.29, 1.82) is 0 Å². The van der Waals surface area contributed by atoms with Crippen LogP contribution in [0.2, 0.25) is 0 Å². The zero-order valence-corrected chi connectivity index (χ0v) is 26.0. The van der Waals surface area contributed by atoms with E-state index in [4.69, 9.17) is 9.47 Å². The first-order chi connectivity index (χ1) is 18.3. The highest BCUT2D eigenvalue weighted by atomic mass is 16.7. The highest BCUT2D eigenvalue weighted by Gasteiger charge is 2.69. The smallest absolute Gasteiger partial charge is 0.310 e. The van der Waals surface area contributed by atoms with Crippen LogP contribution in [-0.4, -0.2) is 30.1 Å². The molecular formula is C35H56O4. The summed E-state index contributed by atoms with van der Waals surface area (Å²) in [7, 11) is 0. The van der Waals surface area contributed by atoms with Gasteiger partial charge in [-0.1, -0.05) is 60.1 Å². The van der Waals surface area contributed by atoms with Crippen LogP contribution in [0, 0.1) is 56.7 Å². The van der Waals surface area contributed by atoms with E-state index in [1.807, 2.05) is 0 Å². The first kappa shape index (κ1) is 28.3. The molecule has 1 unspecified atom stereocenters. The fraction of sp³-hybridized carbons (Fsp3) is 0.914. The number of hydrogen-bond donors (Lipinski definition) is 1. The molecule has 0 aromatic heterocycles. The van der Waals surface area contributed by atoms with Gasteiger partial charge in [-0.05, 0) is 128 Å². The van der Waals surface area contributed by atoms with Crippen molar-refractivity contribution in [2.75, 3.05) is 6.61 Å². The molecule has 11 atom stereocenters. The SMILES string of the molecule is C[C@H]1[C@H](C)CC[C@]2(C(=O)O)CC[C@]3(C)C(=CC[C@@H]4[C@@]5(C)CC[C@H](OC6CCCCO6)C(C)(C)[C@@H]5CC[C@]43C)[C@H]12. The van der Waals surface area contributed by atoms with E-state index in [0.29, 0.717) is 23.7 Å². The van der Waals surface area contributed by atoms with Crippen LogP contribution < -0.4 is 0 Å². The molecule has 0 spiro atoms. The molecule has 220 valence electrons. The predicted octanol–water partition coefficient (Wildman–Crippen LogP) is 8.64. The summed E-state index contributed by atoms with van der Waals surface area (Å²) in [5.41, 5.74) is 1.69. The number of fused-ring (bicyclic) bond motifs is 7. The van der Waals surface area contributed by atoms with E-state index in [1.165, 1.54) is 25.7 Å². The van der Waals surface area contributed by atoms with E-state index < -0.39 is 11.4 Å². The molecule has 5 fully saturated rings. The Labute approximate surface area is 238 Å². The van der Waals surface area contributed by atoms with Gasteiger partial charge in [0.25, 0.3) is 0 Å². The molecule has 4 nitrogen and oxygen atoms in total. The first-order valence-electron chi connectivity index (χ1n) is 16.5. The zero-order chi connectivity index (χ0) is 28.0. The second kappa shape index (κ2) is 9.32. The summed E-state index contributed by atoms with van der Waals surface area (Å²) in [6, 6.07) is 0. The summed E-state index contributed by atoms with van der Waals surface area (Å²) >= 11 is 0. The molecule has 4 heteroatoms. The summed E-state index contributed by atoms with van der Waals surface area (Å²) in [5.74, 6) is 1.96. The molecule has 4 saturated carbocycles. The number of aliphatic carboxylic acids is 1. The minimum atomic E-state index is -0.555. The van der Waals surface area contributed by atoms with Crippen LogP contribution in [0.3, 0.4) is 0 Å². The summed E-state index contributed by atoms with van der Waals surface area (Å²) < 4.78 is 12.8. The van der Waals surface area contributed by atoms with E-state index in [1.54, 1.807) is 5.57 Å². The average Bonchev–Trinajstić information content (AvgIpc) is 2.89. The molecule has 1 N–H and O–H groups in total. The van der Waals surface area contributed by atoms with Crippen LogP contribution in [0.4, 0.5) is 0 Å². The molecule has 5 aliphatic carbocycles. The molecule has 0 bridgehead atoms. The molecule has 1 saturated heterocycles. The maximum absolute atomic E-state index is 12.9. The lowest BCUT2D eigenvalue weighted by Gasteiger charge is -2.71. The number of rotatable bonds is 3. The van der Waals surface area contributed by atoms with Crippen LogP contribution in [0.15, 0.2) is 11.6 Å².